The van der Waals surface area contributed by atoms with Crippen LogP contribution in [0, 0.1) is 0 Å². The highest BCUT2D eigenvalue weighted by Gasteiger charge is 2.17. The van der Waals surface area contributed by atoms with Gasteiger partial charge in [-0.2, -0.15) is 0 Å². The van der Waals surface area contributed by atoms with Crippen molar-refractivity contribution in [3.8, 4) is 28.5 Å². The summed E-state index contributed by atoms with van der Waals surface area (Å²) in [4.78, 5) is 17.2. The van der Waals surface area contributed by atoms with Gasteiger partial charge in [0.2, 0.25) is 5.89 Å². The molecule has 0 aliphatic rings. The average molecular weight is 419 g/mol. The number of carbonyl (C=O) groups excluding carboxylic acids is 1. The van der Waals surface area contributed by atoms with Crippen molar-refractivity contribution in [2.24, 2.45) is 0 Å². The molecule has 3 aromatic carbocycles. The average Bonchev–Trinajstić information content (AvgIpc) is 3.29. The van der Waals surface area contributed by atoms with Crippen LogP contribution in [-0.4, -0.2) is 18.0 Å². The Bertz CT molecular complexity index is 1150. The Morgan fingerprint density at radius 3 is 2.50 bits per heavy atom. The number of oxazole rings is 1. The number of benzene rings is 3. The van der Waals surface area contributed by atoms with Gasteiger partial charge in [0.1, 0.15) is 5.75 Å². The van der Waals surface area contributed by atoms with Crippen LogP contribution in [0.2, 0.25) is 5.02 Å². The van der Waals surface area contributed by atoms with E-state index >= 15 is 0 Å². The number of halogens is 1. The Kier molecular flexibility index (Phi) is 5.82. The van der Waals surface area contributed by atoms with Crippen LogP contribution >= 0.6 is 11.6 Å². The van der Waals surface area contributed by atoms with Gasteiger partial charge in [-0.3, -0.25) is 4.79 Å². The molecule has 0 radical (unpaired) electrons. The van der Waals surface area contributed by atoms with Gasteiger partial charge in [0.05, 0.1) is 18.9 Å². The number of hydrogen-bond donors (Lipinski definition) is 1. The summed E-state index contributed by atoms with van der Waals surface area (Å²) in [5.74, 6) is 1.56. The summed E-state index contributed by atoms with van der Waals surface area (Å²) in [6.45, 7) is 0.396. The number of ether oxygens (including phenoxy) is 1. The number of carbonyl (C=O) groups is 1. The molecule has 0 spiro atoms. The second-order valence-electron chi connectivity index (χ2n) is 6.61. The van der Waals surface area contributed by atoms with Gasteiger partial charge >= 0.3 is 0 Å². The molecule has 0 atom stereocenters. The topological polar surface area (TPSA) is 64.4 Å². The maximum Gasteiger partial charge on any atom is 0.252 e. The number of hydrogen-bond acceptors (Lipinski definition) is 4. The van der Waals surface area contributed by atoms with E-state index in [4.69, 9.17) is 20.8 Å². The lowest BCUT2D eigenvalue weighted by atomic mass is 10.1. The number of methoxy groups -OCH3 is 1. The maximum atomic E-state index is 12.8. The van der Waals surface area contributed by atoms with Gasteiger partial charge in [0.15, 0.2) is 5.76 Å². The summed E-state index contributed by atoms with van der Waals surface area (Å²) in [5.41, 5.74) is 2.96. The largest absolute Gasteiger partial charge is 0.497 e. The summed E-state index contributed by atoms with van der Waals surface area (Å²) in [6, 6.07) is 22.1. The van der Waals surface area contributed by atoms with Crippen molar-refractivity contribution < 1.29 is 13.9 Å². The lowest BCUT2D eigenvalue weighted by Crippen LogP contribution is -2.23. The Labute approximate surface area is 179 Å². The molecule has 1 heterocycles. The SMILES string of the molecule is COc1ccc(-c2cnc(-c3ccccc3C(=O)NCc3ccc(Cl)cc3)o2)cc1. The first-order valence-corrected chi connectivity index (χ1v) is 9.74. The third-order valence-corrected chi connectivity index (χ3v) is 4.90. The van der Waals surface area contributed by atoms with E-state index in [0.717, 1.165) is 16.9 Å². The van der Waals surface area contributed by atoms with Crippen LogP contribution in [0.25, 0.3) is 22.8 Å². The van der Waals surface area contributed by atoms with Gasteiger partial charge in [-0.1, -0.05) is 35.9 Å². The van der Waals surface area contributed by atoms with E-state index in [-0.39, 0.29) is 5.91 Å². The highest BCUT2D eigenvalue weighted by Crippen LogP contribution is 2.29. The summed E-state index contributed by atoms with van der Waals surface area (Å²) >= 11 is 5.91. The fraction of sp³-hybridized carbons (Fsp3) is 0.0833. The van der Waals surface area contributed by atoms with Gasteiger partial charge in [0, 0.05) is 22.7 Å². The predicted octanol–water partition coefficient (Wildman–Crippen LogP) is 5.60. The smallest absolute Gasteiger partial charge is 0.252 e. The molecule has 6 heteroatoms. The van der Waals surface area contributed by atoms with Gasteiger partial charge in [-0.05, 0) is 54.1 Å². The summed E-state index contributed by atoms with van der Waals surface area (Å²) in [5, 5.41) is 3.59. The van der Waals surface area contributed by atoms with Gasteiger partial charge in [0.25, 0.3) is 5.91 Å². The van der Waals surface area contributed by atoms with Crippen molar-refractivity contribution in [2.75, 3.05) is 7.11 Å². The molecule has 1 N–H and O–H groups in total. The van der Waals surface area contributed by atoms with E-state index in [1.54, 1.807) is 31.5 Å². The normalized spacial score (nSPS) is 10.6. The van der Waals surface area contributed by atoms with Crippen molar-refractivity contribution in [2.45, 2.75) is 6.54 Å². The lowest BCUT2D eigenvalue weighted by molar-refractivity contribution is 0.0951. The van der Waals surface area contributed by atoms with Gasteiger partial charge in [-0.15, -0.1) is 0 Å². The molecule has 0 unspecified atom stereocenters. The monoisotopic (exact) mass is 418 g/mol. The van der Waals surface area contributed by atoms with Gasteiger partial charge in [-0.25, -0.2) is 4.98 Å². The fourth-order valence-electron chi connectivity index (χ4n) is 3.03. The molecule has 0 saturated heterocycles. The predicted molar refractivity (Wildman–Crippen MR) is 117 cm³/mol. The molecule has 4 rings (SSSR count). The van der Waals surface area contributed by atoms with Crippen LogP contribution in [0.15, 0.2) is 83.4 Å². The summed E-state index contributed by atoms with van der Waals surface area (Å²) in [6.07, 6.45) is 1.65. The van der Waals surface area contributed by atoms with Crippen LogP contribution in [0.3, 0.4) is 0 Å². The molecule has 150 valence electrons. The van der Waals surface area contributed by atoms with Crippen molar-refractivity contribution >= 4 is 17.5 Å². The molecule has 1 amide bonds. The zero-order valence-corrected chi connectivity index (χ0v) is 17.0. The first-order chi connectivity index (χ1) is 14.6. The number of amides is 1. The molecule has 30 heavy (non-hydrogen) atoms. The number of rotatable bonds is 6. The molecular formula is C24H19ClN2O3. The zero-order valence-electron chi connectivity index (χ0n) is 16.3. The second kappa shape index (κ2) is 8.84. The molecular weight excluding hydrogens is 400 g/mol. The Morgan fingerprint density at radius 2 is 1.77 bits per heavy atom. The summed E-state index contributed by atoms with van der Waals surface area (Å²) in [7, 11) is 1.62. The first kappa shape index (κ1) is 19.7. The third kappa shape index (κ3) is 4.36. The van der Waals surface area contributed by atoms with E-state index in [2.05, 4.69) is 10.3 Å². The minimum absolute atomic E-state index is 0.204. The number of nitrogens with zero attached hydrogens (tertiary/aromatic N) is 1. The quantitative estimate of drug-likeness (QED) is 0.442. The molecule has 0 aliphatic carbocycles. The second-order valence-corrected chi connectivity index (χ2v) is 7.05. The molecule has 0 fully saturated rings. The van der Waals surface area contributed by atoms with Crippen molar-refractivity contribution in [3.63, 3.8) is 0 Å². The van der Waals surface area contributed by atoms with E-state index in [1.807, 2.05) is 54.6 Å². The Hall–Kier alpha value is -3.57. The van der Waals surface area contributed by atoms with Crippen LogP contribution < -0.4 is 10.1 Å². The first-order valence-electron chi connectivity index (χ1n) is 9.36. The van der Waals surface area contributed by atoms with E-state index in [0.29, 0.717) is 34.3 Å². The molecule has 0 saturated carbocycles. The Balaban J connectivity index is 1.54. The minimum atomic E-state index is -0.204. The van der Waals surface area contributed by atoms with E-state index < -0.39 is 0 Å². The molecule has 0 bridgehead atoms. The maximum absolute atomic E-state index is 12.8. The van der Waals surface area contributed by atoms with E-state index in [1.165, 1.54) is 0 Å². The van der Waals surface area contributed by atoms with Crippen LogP contribution in [0.1, 0.15) is 15.9 Å². The van der Waals surface area contributed by atoms with Crippen LogP contribution in [0.4, 0.5) is 0 Å². The summed E-state index contributed by atoms with van der Waals surface area (Å²) < 4.78 is 11.1. The fourth-order valence-corrected chi connectivity index (χ4v) is 3.16. The lowest BCUT2D eigenvalue weighted by Gasteiger charge is -2.08. The Morgan fingerprint density at radius 1 is 1.03 bits per heavy atom. The van der Waals surface area contributed by atoms with Gasteiger partial charge < -0.3 is 14.5 Å². The highest BCUT2D eigenvalue weighted by atomic mass is 35.5. The minimum Gasteiger partial charge on any atom is -0.497 e. The standard InChI is InChI=1S/C24H19ClN2O3/c1-29-19-12-8-17(9-13-19)22-15-27-24(30-22)21-5-3-2-4-20(21)23(28)26-14-16-6-10-18(25)11-7-16/h2-13,15H,14H2,1H3,(H,26,28). The van der Waals surface area contributed by atoms with Crippen molar-refractivity contribution in [3.05, 3.63) is 95.1 Å². The third-order valence-electron chi connectivity index (χ3n) is 4.65. The zero-order chi connectivity index (χ0) is 20.9. The molecule has 0 aliphatic heterocycles. The van der Waals surface area contributed by atoms with E-state index in [9.17, 15) is 4.79 Å². The number of nitrogens with one attached hydrogen (secondary N) is 1. The number of aromatic nitrogens is 1. The van der Waals surface area contributed by atoms with Crippen LogP contribution in [-0.2, 0) is 6.54 Å². The van der Waals surface area contributed by atoms with Crippen LogP contribution in [0.5, 0.6) is 5.75 Å². The molecule has 4 aromatic rings. The molecule has 1 aromatic heterocycles. The highest BCUT2D eigenvalue weighted by molar-refractivity contribution is 6.30. The van der Waals surface area contributed by atoms with Crippen molar-refractivity contribution in [1.29, 1.82) is 0 Å². The van der Waals surface area contributed by atoms with Crippen molar-refractivity contribution in [1.82, 2.24) is 10.3 Å². The molecule has 5 nitrogen and oxygen atoms in total.